The van der Waals surface area contributed by atoms with Gasteiger partial charge in [0.05, 0.1) is 25.4 Å². The standard InChI is InChI=1S/C29H50O4/c1-18(2)7-6-8-19(3)22-9-10-23-21-17-29(32-13-14-33-29)25-15-20(30)16-26(31)28(25,5)24(21)11-12-27(22,23)4/h18-26,30-31H,6-17H2,1-5H3/t19-,20?,21+,22-,23+,24+,25+,26+,27-,28-/m1/s1. The Morgan fingerprint density at radius 2 is 1.64 bits per heavy atom. The molecule has 33 heavy (non-hydrogen) atoms. The Balaban J connectivity index is 1.42. The van der Waals surface area contributed by atoms with Crippen LogP contribution in [0.3, 0.4) is 0 Å². The first-order valence-corrected chi connectivity index (χ1v) is 14.3. The average Bonchev–Trinajstić information content (AvgIpc) is 3.35. The van der Waals surface area contributed by atoms with E-state index in [0.29, 0.717) is 49.2 Å². The Labute approximate surface area is 202 Å². The van der Waals surface area contributed by atoms with Crippen molar-refractivity contribution in [3.05, 3.63) is 0 Å². The summed E-state index contributed by atoms with van der Waals surface area (Å²) in [6.45, 7) is 13.4. The van der Waals surface area contributed by atoms with Crippen molar-refractivity contribution in [2.45, 2.75) is 117 Å². The van der Waals surface area contributed by atoms with Crippen LogP contribution in [0, 0.1) is 52.3 Å². The lowest BCUT2D eigenvalue weighted by molar-refractivity contribution is -0.315. The molecule has 0 amide bonds. The molecule has 1 aliphatic heterocycles. The Morgan fingerprint density at radius 3 is 2.33 bits per heavy atom. The highest BCUT2D eigenvalue weighted by atomic mass is 16.7. The smallest absolute Gasteiger partial charge is 0.172 e. The summed E-state index contributed by atoms with van der Waals surface area (Å²) in [6, 6.07) is 0. The Bertz CT molecular complexity index is 702. The van der Waals surface area contributed by atoms with Crippen molar-refractivity contribution in [1.29, 1.82) is 0 Å². The second-order valence-corrected chi connectivity index (χ2v) is 13.7. The van der Waals surface area contributed by atoms with E-state index in [1.807, 2.05) is 0 Å². The summed E-state index contributed by atoms with van der Waals surface area (Å²) in [5, 5.41) is 22.0. The maximum atomic E-state index is 11.4. The van der Waals surface area contributed by atoms with E-state index in [1.165, 1.54) is 44.9 Å². The van der Waals surface area contributed by atoms with Crippen LogP contribution in [0.25, 0.3) is 0 Å². The van der Waals surface area contributed by atoms with Gasteiger partial charge < -0.3 is 19.7 Å². The summed E-state index contributed by atoms with van der Waals surface area (Å²) >= 11 is 0. The first kappa shape index (κ1) is 24.5. The number of hydrogen-bond donors (Lipinski definition) is 2. The fourth-order valence-corrected chi connectivity index (χ4v) is 10.2. The van der Waals surface area contributed by atoms with Crippen LogP contribution >= 0.6 is 0 Å². The van der Waals surface area contributed by atoms with Crippen LogP contribution in [-0.2, 0) is 9.47 Å². The molecule has 0 bridgehead atoms. The van der Waals surface area contributed by atoms with E-state index in [0.717, 1.165) is 24.2 Å². The van der Waals surface area contributed by atoms with E-state index in [-0.39, 0.29) is 11.3 Å². The molecule has 4 aliphatic carbocycles. The zero-order valence-electron chi connectivity index (χ0n) is 21.9. The molecule has 2 N–H and O–H groups in total. The highest BCUT2D eigenvalue weighted by molar-refractivity contribution is 5.15. The molecule has 1 heterocycles. The molecule has 190 valence electrons. The molecule has 1 saturated heterocycles. The third kappa shape index (κ3) is 3.76. The summed E-state index contributed by atoms with van der Waals surface area (Å²) in [6.07, 6.45) is 10.5. The normalized spacial score (nSPS) is 49.6. The van der Waals surface area contributed by atoms with Crippen LogP contribution in [0.1, 0.15) is 98.8 Å². The Kier molecular flexibility index (Phi) is 6.50. The van der Waals surface area contributed by atoms with Gasteiger partial charge in [-0.15, -0.1) is 0 Å². The summed E-state index contributed by atoms with van der Waals surface area (Å²) < 4.78 is 12.9. The predicted octanol–water partition coefficient (Wildman–Crippen LogP) is 5.79. The van der Waals surface area contributed by atoms with Gasteiger partial charge in [0.25, 0.3) is 0 Å². The van der Waals surface area contributed by atoms with Crippen LogP contribution in [0.5, 0.6) is 0 Å². The second kappa shape index (κ2) is 8.75. The largest absolute Gasteiger partial charge is 0.393 e. The van der Waals surface area contributed by atoms with Gasteiger partial charge in [-0.05, 0) is 79.4 Å². The molecule has 1 unspecified atom stereocenters. The Morgan fingerprint density at radius 1 is 0.909 bits per heavy atom. The predicted molar refractivity (Wildman–Crippen MR) is 130 cm³/mol. The molecule has 4 heteroatoms. The van der Waals surface area contributed by atoms with Crippen molar-refractivity contribution in [2.75, 3.05) is 13.2 Å². The molecule has 0 aromatic heterocycles. The Hall–Kier alpha value is -0.160. The quantitative estimate of drug-likeness (QED) is 0.543. The molecule has 5 fully saturated rings. The molecular weight excluding hydrogens is 412 g/mol. The first-order valence-electron chi connectivity index (χ1n) is 14.3. The van der Waals surface area contributed by atoms with Crippen LogP contribution in [-0.4, -0.2) is 41.4 Å². The van der Waals surface area contributed by atoms with Gasteiger partial charge in [0.2, 0.25) is 0 Å². The van der Waals surface area contributed by atoms with Gasteiger partial charge in [-0.3, -0.25) is 0 Å². The maximum absolute atomic E-state index is 11.4. The topological polar surface area (TPSA) is 58.9 Å². The number of ether oxygens (including phenoxy) is 2. The molecular formula is C29H50O4. The van der Waals surface area contributed by atoms with E-state index >= 15 is 0 Å². The number of fused-ring (bicyclic) bond motifs is 6. The molecule has 4 nitrogen and oxygen atoms in total. The maximum Gasteiger partial charge on any atom is 0.172 e. The fraction of sp³-hybridized carbons (Fsp3) is 1.00. The van der Waals surface area contributed by atoms with E-state index in [1.54, 1.807) is 0 Å². The first-order chi connectivity index (χ1) is 15.6. The third-order valence-electron chi connectivity index (χ3n) is 11.7. The number of rotatable bonds is 5. The lowest BCUT2D eigenvalue weighted by Gasteiger charge is -2.66. The molecule has 10 atom stereocenters. The van der Waals surface area contributed by atoms with Gasteiger partial charge in [0.1, 0.15) is 0 Å². The van der Waals surface area contributed by atoms with Crippen molar-refractivity contribution >= 4 is 0 Å². The highest BCUT2D eigenvalue weighted by Crippen LogP contribution is 2.70. The van der Waals surface area contributed by atoms with Gasteiger partial charge in [-0.25, -0.2) is 0 Å². The lowest BCUT2D eigenvalue weighted by atomic mass is 9.42. The fourth-order valence-electron chi connectivity index (χ4n) is 10.2. The number of aliphatic hydroxyl groups is 2. The van der Waals surface area contributed by atoms with Crippen LogP contribution in [0.2, 0.25) is 0 Å². The summed E-state index contributed by atoms with van der Waals surface area (Å²) in [5.41, 5.74) is 0.176. The van der Waals surface area contributed by atoms with Gasteiger partial charge in [-0.1, -0.05) is 53.9 Å². The van der Waals surface area contributed by atoms with Crippen molar-refractivity contribution in [3.63, 3.8) is 0 Å². The molecule has 0 radical (unpaired) electrons. The van der Waals surface area contributed by atoms with E-state index in [9.17, 15) is 10.2 Å². The van der Waals surface area contributed by atoms with Crippen LogP contribution in [0.4, 0.5) is 0 Å². The van der Waals surface area contributed by atoms with Gasteiger partial charge in [0, 0.05) is 17.8 Å². The van der Waals surface area contributed by atoms with Gasteiger partial charge in [0.15, 0.2) is 5.79 Å². The third-order valence-corrected chi connectivity index (χ3v) is 11.7. The summed E-state index contributed by atoms with van der Waals surface area (Å²) in [5.74, 6) is 3.68. The minimum absolute atomic E-state index is 0.0870. The van der Waals surface area contributed by atoms with Crippen LogP contribution in [0.15, 0.2) is 0 Å². The number of aliphatic hydroxyl groups excluding tert-OH is 2. The van der Waals surface area contributed by atoms with E-state index < -0.39 is 18.0 Å². The minimum Gasteiger partial charge on any atom is -0.393 e. The molecule has 0 aromatic carbocycles. The zero-order valence-corrected chi connectivity index (χ0v) is 21.9. The monoisotopic (exact) mass is 462 g/mol. The van der Waals surface area contributed by atoms with Gasteiger partial charge >= 0.3 is 0 Å². The minimum atomic E-state index is -0.600. The van der Waals surface area contributed by atoms with Gasteiger partial charge in [-0.2, -0.15) is 0 Å². The van der Waals surface area contributed by atoms with Crippen molar-refractivity contribution in [2.24, 2.45) is 52.3 Å². The molecule has 0 aromatic rings. The molecule has 5 rings (SSSR count). The molecule has 1 spiro atoms. The van der Waals surface area contributed by atoms with E-state index in [4.69, 9.17) is 9.47 Å². The zero-order chi connectivity index (χ0) is 23.6. The highest BCUT2D eigenvalue weighted by Gasteiger charge is 2.69. The van der Waals surface area contributed by atoms with Crippen molar-refractivity contribution in [3.8, 4) is 0 Å². The van der Waals surface area contributed by atoms with E-state index in [2.05, 4.69) is 34.6 Å². The van der Waals surface area contributed by atoms with Crippen molar-refractivity contribution < 1.29 is 19.7 Å². The lowest BCUT2D eigenvalue weighted by Crippen LogP contribution is -2.67. The molecule has 5 aliphatic rings. The SMILES string of the molecule is CC(C)CCC[C@@H](C)[C@H]1CC[C@H]2[C@@H]3CC4(OCCO4)[C@H]4CC(O)C[C@H](O)[C@]4(C)[C@H]3CC[C@]12C. The average molecular weight is 463 g/mol. The summed E-state index contributed by atoms with van der Waals surface area (Å²) in [7, 11) is 0. The second-order valence-electron chi connectivity index (χ2n) is 13.7. The number of hydrogen-bond acceptors (Lipinski definition) is 4. The summed E-state index contributed by atoms with van der Waals surface area (Å²) in [4.78, 5) is 0. The van der Waals surface area contributed by atoms with Crippen molar-refractivity contribution in [1.82, 2.24) is 0 Å². The van der Waals surface area contributed by atoms with Crippen LogP contribution < -0.4 is 0 Å². The molecule has 4 saturated carbocycles.